The van der Waals surface area contributed by atoms with Crippen LogP contribution in [0.2, 0.25) is 0 Å². The van der Waals surface area contributed by atoms with Crippen molar-refractivity contribution in [3.8, 4) is 5.75 Å². The molecular formula is C13H16N2OS. The molecule has 2 aromatic rings. The molecule has 2 rings (SSSR count). The van der Waals surface area contributed by atoms with Gasteiger partial charge in [0.05, 0.1) is 7.11 Å². The van der Waals surface area contributed by atoms with Gasteiger partial charge in [0.25, 0.3) is 0 Å². The molecule has 0 fully saturated rings. The fourth-order valence-corrected chi connectivity index (χ4v) is 2.30. The maximum absolute atomic E-state index is 5.12. The van der Waals surface area contributed by atoms with E-state index in [1.165, 1.54) is 10.4 Å². The Labute approximate surface area is 105 Å². The van der Waals surface area contributed by atoms with Crippen LogP contribution in [0.25, 0.3) is 0 Å². The number of hydrogen-bond acceptors (Lipinski definition) is 4. The van der Waals surface area contributed by atoms with E-state index >= 15 is 0 Å². The van der Waals surface area contributed by atoms with Crippen LogP contribution in [0.3, 0.4) is 0 Å². The largest absolute Gasteiger partial charge is 0.497 e. The fraction of sp³-hybridized carbons (Fsp3) is 0.308. The van der Waals surface area contributed by atoms with Gasteiger partial charge in [-0.25, -0.2) is 4.98 Å². The van der Waals surface area contributed by atoms with Gasteiger partial charge in [-0.2, -0.15) is 0 Å². The quantitative estimate of drug-likeness (QED) is 0.883. The first-order valence-electron chi connectivity index (χ1n) is 5.53. The molecule has 0 spiro atoms. The molecule has 1 N–H and O–H groups in total. The second-order valence-corrected chi connectivity index (χ2v) is 5.14. The summed E-state index contributed by atoms with van der Waals surface area (Å²) >= 11 is 1.74. The first-order chi connectivity index (χ1) is 8.28. The van der Waals surface area contributed by atoms with Crippen molar-refractivity contribution in [2.24, 2.45) is 0 Å². The highest BCUT2D eigenvalue weighted by Crippen LogP contribution is 2.12. The van der Waals surface area contributed by atoms with Crippen molar-refractivity contribution in [1.29, 1.82) is 0 Å². The SMILES string of the molecule is COc1ccc(CNCc2ncc(C)s2)cc1. The van der Waals surface area contributed by atoms with Gasteiger partial charge in [0.1, 0.15) is 10.8 Å². The number of aromatic nitrogens is 1. The van der Waals surface area contributed by atoms with E-state index in [0.29, 0.717) is 0 Å². The van der Waals surface area contributed by atoms with Crippen molar-refractivity contribution in [1.82, 2.24) is 10.3 Å². The van der Waals surface area contributed by atoms with Crippen LogP contribution < -0.4 is 10.1 Å². The Morgan fingerprint density at radius 1 is 1.24 bits per heavy atom. The van der Waals surface area contributed by atoms with Crippen molar-refractivity contribution in [3.05, 3.63) is 45.9 Å². The minimum atomic E-state index is 0.824. The molecule has 1 aromatic carbocycles. The van der Waals surface area contributed by atoms with Crippen molar-refractivity contribution in [3.63, 3.8) is 0 Å². The fourth-order valence-electron chi connectivity index (χ4n) is 1.54. The zero-order valence-corrected chi connectivity index (χ0v) is 10.9. The maximum atomic E-state index is 5.12. The number of benzene rings is 1. The first-order valence-corrected chi connectivity index (χ1v) is 6.34. The summed E-state index contributed by atoms with van der Waals surface area (Å²) in [6.07, 6.45) is 1.91. The van der Waals surface area contributed by atoms with Crippen LogP contribution in [0.1, 0.15) is 15.4 Å². The summed E-state index contributed by atoms with van der Waals surface area (Å²) in [4.78, 5) is 5.57. The molecule has 0 atom stereocenters. The zero-order chi connectivity index (χ0) is 12.1. The summed E-state index contributed by atoms with van der Waals surface area (Å²) in [5.74, 6) is 0.893. The van der Waals surface area contributed by atoms with Crippen molar-refractivity contribution < 1.29 is 4.74 Å². The van der Waals surface area contributed by atoms with Gasteiger partial charge in [0.2, 0.25) is 0 Å². The van der Waals surface area contributed by atoms with Crippen molar-refractivity contribution in [2.45, 2.75) is 20.0 Å². The Hall–Kier alpha value is -1.39. The van der Waals surface area contributed by atoms with E-state index < -0.39 is 0 Å². The van der Waals surface area contributed by atoms with E-state index in [0.717, 1.165) is 23.8 Å². The minimum absolute atomic E-state index is 0.824. The highest BCUT2D eigenvalue weighted by Gasteiger charge is 1.98. The molecule has 0 aliphatic rings. The number of rotatable bonds is 5. The molecule has 90 valence electrons. The van der Waals surface area contributed by atoms with E-state index in [9.17, 15) is 0 Å². The predicted octanol–water partition coefficient (Wildman–Crippen LogP) is 2.75. The summed E-state index contributed by atoms with van der Waals surface area (Å²) in [5.41, 5.74) is 1.25. The third-order valence-corrected chi connectivity index (χ3v) is 3.35. The molecule has 0 saturated heterocycles. The summed E-state index contributed by atoms with van der Waals surface area (Å²) in [6, 6.07) is 8.09. The third-order valence-electron chi connectivity index (χ3n) is 2.43. The van der Waals surface area contributed by atoms with Gasteiger partial charge in [-0.1, -0.05) is 12.1 Å². The molecule has 1 heterocycles. The molecule has 1 aromatic heterocycles. The van der Waals surface area contributed by atoms with Gasteiger partial charge < -0.3 is 10.1 Å². The lowest BCUT2D eigenvalue weighted by Crippen LogP contribution is -2.12. The summed E-state index contributed by atoms with van der Waals surface area (Å²) in [6.45, 7) is 3.75. The molecule has 3 nitrogen and oxygen atoms in total. The van der Waals surface area contributed by atoms with Crippen LogP contribution >= 0.6 is 11.3 Å². The number of nitrogens with zero attached hydrogens (tertiary/aromatic N) is 1. The van der Waals surface area contributed by atoms with E-state index in [1.807, 2.05) is 18.3 Å². The third kappa shape index (κ3) is 3.54. The average Bonchev–Trinajstić information content (AvgIpc) is 2.76. The molecule has 0 aliphatic heterocycles. The van der Waals surface area contributed by atoms with Crippen LogP contribution in [0, 0.1) is 6.92 Å². The smallest absolute Gasteiger partial charge is 0.118 e. The van der Waals surface area contributed by atoms with Gasteiger partial charge in [-0.3, -0.25) is 0 Å². The highest BCUT2D eigenvalue weighted by molar-refractivity contribution is 7.11. The first kappa shape index (κ1) is 12.1. The normalized spacial score (nSPS) is 10.5. The number of thiazole rings is 1. The van der Waals surface area contributed by atoms with Crippen LogP contribution in [0.15, 0.2) is 30.5 Å². The monoisotopic (exact) mass is 248 g/mol. The predicted molar refractivity (Wildman–Crippen MR) is 70.4 cm³/mol. The van der Waals surface area contributed by atoms with Gasteiger partial charge in [-0.05, 0) is 24.6 Å². The molecular weight excluding hydrogens is 232 g/mol. The second kappa shape index (κ2) is 5.80. The van der Waals surface area contributed by atoms with Crippen molar-refractivity contribution >= 4 is 11.3 Å². The van der Waals surface area contributed by atoms with E-state index in [1.54, 1.807) is 18.4 Å². The molecule has 0 aliphatic carbocycles. The standard InChI is InChI=1S/C13H16N2OS/c1-10-7-15-13(17-10)9-14-8-11-3-5-12(16-2)6-4-11/h3-7,14H,8-9H2,1-2H3. The van der Waals surface area contributed by atoms with Gasteiger partial charge in [-0.15, -0.1) is 11.3 Å². The van der Waals surface area contributed by atoms with Crippen molar-refractivity contribution in [2.75, 3.05) is 7.11 Å². The number of ether oxygens (including phenoxy) is 1. The zero-order valence-electron chi connectivity index (χ0n) is 10.1. The second-order valence-electron chi connectivity index (χ2n) is 3.82. The summed E-state index contributed by atoms with van der Waals surface area (Å²) in [5, 5.41) is 4.51. The minimum Gasteiger partial charge on any atom is -0.497 e. The van der Waals surface area contributed by atoms with Crippen LogP contribution in [0.4, 0.5) is 0 Å². The Morgan fingerprint density at radius 3 is 2.59 bits per heavy atom. The Balaban J connectivity index is 1.81. The average molecular weight is 248 g/mol. The summed E-state index contributed by atoms with van der Waals surface area (Å²) < 4.78 is 5.12. The molecule has 0 bridgehead atoms. The summed E-state index contributed by atoms with van der Waals surface area (Å²) in [7, 11) is 1.68. The van der Waals surface area contributed by atoms with E-state index in [-0.39, 0.29) is 0 Å². The molecule has 0 unspecified atom stereocenters. The molecule has 0 radical (unpaired) electrons. The highest BCUT2D eigenvalue weighted by atomic mass is 32.1. The van der Waals surface area contributed by atoms with E-state index in [4.69, 9.17) is 4.74 Å². The Kier molecular flexibility index (Phi) is 4.12. The number of hydrogen-bond donors (Lipinski definition) is 1. The number of nitrogens with one attached hydrogen (secondary N) is 1. The number of methoxy groups -OCH3 is 1. The van der Waals surface area contributed by atoms with E-state index in [2.05, 4.69) is 29.4 Å². The topological polar surface area (TPSA) is 34.1 Å². The maximum Gasteiger partial charge on any atom is 0.118 e. The lowest BCUT2D eigenvalue weighted by Gasteiger charge is -2.04. The van der Waals surface area contributed by atoms with Gasteiger partial charge >= 0.3 is 0 Å². The molecule has 0 saturated carbocycles. The van der Waals surface area contributed by atoms with Crippen LogP contribution in [0.5, 0.6) is 5.75 Å². The Morgan fingerprint density at radius 2 is 2.00 bits per heavy atom. The van der Waals surface area contributed by atoms with Gasteiger partial charge in [0.15, 0.2) is 0 Å². The number of aryl methyl sites for hydroxylation is 1. The molecule has 0 amide bonds. The lowest BCUT2D eigenvalue weighted by molar-refractivity contribution is 0.414. The lowest BCUT2D eigenvalue weighted by atomic mass is 10.2. The van der Waals surface area contributed by atoms with Gasteiger partial charge in [0, 0.05) is 24.2 Å². The van der Waals surface area contributed by atoms with Crippen LogP contribution in [-0.2, 0) is 13.1 Å². The van der Waals surface area contributed by atoms with Crippen LogP contribution in [-0.4, -0.2) is 12.1 Å². The molecule has 17 heavy (non-hydrogen) atoms. The Bertz CT molecular complexity index is 465. The molecule has 4 heteroatoms.